The van der Waals surface area contributed by atoms with Crippen molar-refractivity contribution in [3.63, 3.8) is 0 Å². The van der Waals surface area contributed by atoms with Crippen LogP contribution in [0.25, 0.3) is 0 Å². The SMILES string of the molecule is CCc1nc(CO)ccc1CO. The molecule has 66 valence electrons. The van der Waals surface area contributed by atoms with Gasteiger partial charge in [-0.2, -0.15) is 0 Å². The van der Waals surface area contributed by atoms with Gasteiger partial charge >= 0.3 is 0 Å². The molecule has 0 atom stereocenters. The smallest absolute Gasteiger partial charge is 0.0853 e. The molecule has 0 saturated carbocycles. The lowest BCUT2D eigenvalue weighted by Gasteiger charge is -2.05. The molecule has 1 aromatic rings. The monoisotopic (exact) mass is 167 g/mol. The maximum absolute atomic E-state index is 8.91. The van der Waals surface area contributed by atoms with Crippen LogP contribution in [0.3, 0.4) is 0 Å². The molecule has 0 aliphatic heterocycles. The van der Waals surface area contributed by atoms with E-state index in [2.05, 4.69) is 4.98 Å². The molecule has 12 heavy (non-hydrogen) atoms. The van der Waals surface area contributed by atoms with Crippen LogP contribution in [-0.2, 0) is 19.6 Å². The molecule has 0 unspecified atom stereocenters. The van der Waals surface area contributed by atoms with Crippen LogP contribution < -0.4 is 0 Å². The predicted octanol–water partition coefficient (Wildman–Crippen LogP) is 0.629. The van der Waals surface area contributed by atoms with Crippen molar-refractivity contribution < 1.29 is 10.2 Å². The summed E-state index contributed by atoms with van der Waals surface area (Å²) in [5.41, 5.74) is 2.36. The van der Waals surface area contributed by atoms with Crippen LogP contribution in [0.15, 0.2) is 12.1 Å². The van der Waals surface area contributed by atoms with Gasteiger partial charge in [0, 0.05) is 5.69 Å². The van der Waals surface area contributed by atoms with Crippen molar-refractivity contribution in [3.8, 4) is 0 Å². The first kappa shape index (κ1) is 9.16. The van der Waals surface area contributed by atoms with E-state index in [0.717, 1.165) is 17.7 Å². The minimum Gasteiger partial charge on any atom is -0.392 e. The summed E-state index contributed by atoms with van der Waals surface area (Å²) in [5.74, 6) is 0. The molecule has 0 amide bonds. The van der Waals surface area contributed by atoms with Crippen molar-refractivity contribution in [2.75, 3.05) is 0 Å². The number of rotatable bonds is 3. The maximum Gasteiger partial charge on any atom is 0.0853 e. The number of hydrogen-bond acceptors (Lipinski definition) is 3. The van der Waals surface area contributed by atoms with Gasteiger partial charge in [0.2, 0.25) is 0 Å². The fourth-order valence-electron chi connectivity index (χ4n) is 1.11. The Kier molecular flexibility index (Phi) is 3.19. The van der Waals surface area contributed by atoms with Gasteiger partial charge in [0.15, 0.2) is 0 Å². The zero-order valence-corrected chi connectivity index (χ0v) is 7.12. The number of hydrogen-bond donors (Lipinski definition) is 2. The van der Waals surface area contributed by atoms with Crippen LogP contribution >= 0.6 is 0 Å². The number of pyridine rings is 1. The van der Waals surface area contributed by atoms with Crippen molar-refractivity contribution in [1.29, 1.82) is 0 Å². The molecule has 0 fully saturated rings. The van der Waals surface area contributed by atoms with E-state index in [9.17, 15) is 0 Å². The highest BCUT2D eigenvalue weighted by Gasteiger charge is 2.01. The molecular weight excluding hydrogens is 154 g/mol. The van der Waals surface area contributed by atoms with E-state index in [1.165, 1.54) is 0 Å². The molecule has 0 spiro atoms. The highest BCUT2D eigenvalue weighted by Crippen LogP contribution is 2.08. The second kappa shape index (κ2) is 4.18. The Labute approximate surface area is 71.7 Å². The van der Waals surface area contributed by atoms with E-state index in [-0.39, 0.29) is 13.2 Å². The van der Waals surface area contributed by atoms with Crippen molar-refractivity contribution in [2.45, 2.75) is 26.6 Å². The molecule has 1 aromatic heterocycles. The summed E-state index contributed by atoms with van der Waals surface area (Å²) in [6.07, 6.45) is 0.781. The molecule has 2 N–H and O–H groups in total. The summed E-state index contributed by atoms with van der Waals surface area (Å²) in [6.45, 7) is 1.95. The molecule has 0 aliphatic carbocycles. The highest BCUT2D eigenvalue weighted by atomic mass is 16.3. The quantitative estimate of drug-likeness (QED) is 0.694. The minimum absolute atomic E-state index is 0.0158. The summed E-state index contributed by atoms with van der Waals surface area (Å²) < 4.78 is 0. The predicted molar refractivity (Wildman–Crippen MR) is 45.5 cm³/mol. The highest BCUT2D eigenvalue weighted by molar-refractivity contribution is 5.22. The average molecular weight is 167 g/mol. The largest absolute Gasteiger partial charge is 0.392 e. The van der Waals surface area contributed by atoms with Crippen LogP contribution in [0.2, 0.25) is 0 Å². The second-order valence-electron chi connectivity index (χ2n) is 2.58. The van der Waals surface area contributed by atoms with E-state index >= 15 is 0 Å². The third-order valence-electron chi connectivity index (χ3n) is 1.79. The zero-order valence-electron chi connectivity index (χ0n) is 7.12. The summed E-state index contributed by atoms with van der Waals surface area (Å²) in [6, 6.07) is 3.53. The van der Waals surface area contributed by atoms with Crippen molar-refractivity contribution in [1.82, 2.24) is 4.98 Å². The second-order valence-corrected chi connectivity index (χ2v) is 2.58. The Morgan fingerprint density at radius 1 is 1.25 bits per heavy atom. The average Bonchev–Trinajstić information content (AvgIpc) is 2.16. The lowest BCUT2D eigenvalue weighted by Crippen LogP contribution is -2.00. The van der Waals surface area contributed by atoms with E-state index in [0.29, 0.717) is 5.69 Å². The molecule has 3 heteroatoms. The van der Waals surface area contributed by atoms with E-state index in [1.807, 2.05) is 6.92 Å². The van der Waals surface area contributed by atoms with Crippen LogP contribution in [0.5, 0.6) is 0 Å². The van der Waals surface area contributed by atoms with Gasteiger partial charge in [-0.1, -0.05) is 13.0 Å². The third-order valence-corrected chi connectivity index (χ3v) is 1.79. The Balaban J connectivity index is 3.02. The standard InChI is InChI=1S/C9H13NO2/c1-2-9-7(5-11)3-4-8(6-12)10-9/h3-4,11-12H,2,5-6H2,1H3. The lowest BCUT2D eigenvalue weighted by molar-refractivity contribution is 0.272. The van der Waals surface area contributed by atoms with E-state index < -0.39 is 0 Å². The molecule has 0 saturated heterocycles. The molecule has 1 heterocycles. The van der Waals surface area contributed by atoms with Gasteiger partial charge in [-0.25, -0.2) is 0 Å². The third kappa shape index (κ3) is 1.81. The maximum atomic E-state index is 8.91. The van der Waals surface area contributed by atoms with Crippen LogP contribution in [0, 0.1) is 0 Å². The minimum atomic E-state index is -0.0429. The Bertz CT molecular complexity index is 261. The van der Waals surface area contributed by atoms with Crippen molar-refractivity contribution in [2.24, 2.45) is 0 Å². The van der Waals surface area contributed by atoms with Gasteiger partial charge in [-0.3, -0.25) is 4.98 Å². The fraction of sp³-hybridized carbons (Fsp3) is 0.444. The summed E-state index contributed by atoms with van der Waals surface area (Å²) in [4.78, 5) is 4.17. The topological polar surface area (TPSA) is 53.4 Å². The number of nitrogens with zero attached hydrogens (tertiary/aromatic N) is 1. The first-order valence-corrected chi connectivity index (χ1v) is 4.01. The normalized spacial score (nSPS) is 10.2. The zero-order chi connectivity index (χ0) is 8.97. The molecule has 0 aliphatic rings. The number of aryl methyl sites for hydroxylation is 1. The van der Waals surface area contributed by atoms with Gasteiger partial charge < -0.3 is 10.2 Å². The molecular formula is C9H13NO2. The van der Waals surface area contributed by atoms with Crippen molar-refractivity contribution >= 4 is 0 Å². The van der Waals surface area contributed by atoms with Crippen LogP contribution in [0.1, 0.15) is 23.9 Å². The van der Waals surface area contributed by atoms with Crippen molar-refractivity contribution in [3.05, 3.63) is 29.1 Å². The van der Waals surface area contributed by atoms with Gasteiger partial charge in [0.05, 0.1) is 18.9 Å². The fourth-order valence-corrected chi connectivity index (χ4v) is 1.11. The first-order valence-electron chi connectivity index (χ1n) is 4.01. The number of aromatic nitrogens is 1. The molecule has 0 radical (unpaired) electrons. The van der Waals surface area contributed by atoms with Crippen LogP contribution in [-0.4, -0.2) is 15.2 Å². The molecule has 3 nitrogen and oxygen atoms in total. The molecule has 1 rings (SSSR count). The Hall–Kier alpha value is -0.930. The van der Waals surface area contributed by atoms with E-state index in [1.54, 1.807) is 12.1 Å². The summed E-state index contributed by atoms with van der Waals surface area (Å²) >= 11 is 0. The number of aliphatic hydroxyl groups is 2. The summed E-state index contributed by atoms with van der Waals surface area (Å²) in [5, 5.41) is 17.7. The Morgan fingerprint density at radius 2 is 2.00 bits per heavy atom. The van der Waals surface area contributed by atoms with E-state index in [4.69, 9.17) is 10.2 Å². The van der Waals surface area contributed by atoms with Gasteiger partial charge in [-0.15, -0.1) is 0 Å². The summed E-state index contributed by atoms with van der Waals surface area (Å²) in [7, 11) is 0. The number of aliphatic hydroxyl groups excluding tert-OH is 2. The molecule has 0 aromatic carbocycles. The first-order chi connectivity index (χ1) is 5.81. The van der Waals surface area contributed by atoms with Gasteiger partial charge in [0.1, 0.15) is 0 Å². The lowest BCUT2D eigenvalue weighted by atomic mass is 10.1. The van der Waals surface area contributed by atoms with Gasteiger partial charge in [0.25, 0.3) is 0 Å². The van der Waals surface area contributed by atoms with Gasteiger partial charge in [-0.05, 0) is 18.1 Å². The van der Waals surface area contributed by atoms with Crippen LogP contribution in [0.4, 0.5) is 0 Å². The Morgan fingerprint density at radius 3 is 2.50 bits per heavy atom. The molecule has 0 bridgehead atoms.